The Labute approximate surface area is 75.0 Å². The van der Waals surface area contributed by atoms with E-state index in [1.54, 1.807) is 0 Å². The number of aliphatic hydroxyl groups is 2. The molecule has 2 N–H and O–H groups in total. The van der Waals surface area contributed by atoms with E-state index >= 15 is 0 Å². The van der Waals surface area contributed by atoms with Gasteiger partial charge in [-0.25, -0.2) is 0 Å². The average Bonchev–Trinajstić information content (AvgIpc) is 1.61. The SMILES string of the molecule is CC(O)CO.O=S(=O)([O-])[O-].[Co+2]. The fourth-order valence-electron chi connectivity index (χ4n) is 0. The smallest absolute Gasteiger partial charge is 0.759 e. The Morgan fingerprint density at radius 2 is 1.55 bits per heavy atom. The molecule has 0 aliphatic heterocycles. The van der Waals surface area contributed by atoms with E-state index in [1.165, 1.54) is 6.92 Å². The van der Waals surface area contributed by atoms with Crippen LogP contribution < -0.4 is 0 Å². The molecular formula is C3H8CoO6S. The van der Waals surface area contributed by atoms with Crippen LogP contribution in [0.15, 0.2) is 0 Å². The van der Waals surface area contributed by atoms with E-state index in [4.69, 9.17) is 27.7 Å². The average molecular weight is 231 g/mol. The number of hydrogen-bond acceptors (Lipinski definition) is 6. The molecule has 0 aromatic rings. The molecule has 0 aromatic heterocycles. The van der Waals surface area contributed by atoms with Gasteiger partial charge in [0.15, 0.2) is 0 Å². The molecular weight excluding hydrogens is 223 g/mol. The molecule has 0 amide bonds. The second-order valence-electron chi connectivity index (χ2n) is 1.44. The topological polar surface area (TPSA) is 121 Å². The fraction of sp³-hybridized carbons (Fsp3) is 1.00. The van der Waals surface area contributed by atoms with Crippen LogP contribution in [0.4, 0.5) is 0 Å². The molecule has 8 heteroatoms. The van der Waals surface area contributed by atoms with Crippen molar-refractivity contribution in [3.05, 3.63) is 0 Å². The first-order chi connectivity index (χ1) is 4.27. The van der Waals surface area contributed by atoms with E-state index < -0.39 is 16.5 Å². The van der Waals surface area contributed by atoms with Gasteiger partial charge in [-0.2, -0.15) is 0 Å². The van der Waals surface area contributed by atoms with E-state index in [0.29, 0.717) is 0 Å². The largest absolute Gasteiger partial charge is 2.00 e. The quantitative estimate of drug-likeness (QED) is 0.398. The number of aliphatic hydroxyl groups excluding tert-OH is 2. The second kappa shape index (κ2) is 8.39. The molecule has 0 spiro atoms. The van der Waals surface area contributed by atoms with Crippen LogP contribution in [0.3, 0.4) is 0 Å². The van der Waals surface area contributed by atoms with Crippen LogP contribution in [-0.2, 0) is 27.2 Å². The summed E-state index contributed by atoms with van der Waals surface area (Å²) in [7, 11) is -5.17. The summed E-state index contributed by atoms with van der Waals surface area (Å²) in [4.78, 5) is 0. The molecule has 0 aliphatic carbocycles. The first-order valence-corrected chi connectivity index (χ1v) is 3.56. The molecule has 6 nitrogen and oxygen atoms in total. The molecule has 0 heterocycles. The minimum Gasteiger partial charge on any atom is -0.759 e. The molecule has 0 bridgehead atoms. The van der Waals surface area contributed by atoms with Crippen molar-refractivity contribution in [3.8, 4) is 0 Å². The van der Waals surface area contributed by atoms with Gasteiger partial charge in [-0.05, 0) is 6.92 Å². The van der Waals surface area contributed by atoms with Gasteiger partial charge in [-0.15, -0.1) is 0 Å². The van der Waals surface area contributed by atoms with Crippen LogP contribution in [0.2, 0.25) is 0 Å². The van der Waals surface area contributed by atoms with Crippen molar-refractivity contribution in [1.29, 1.82) is 0 Å². The van der Waals surface area contributed by atoms with Crippen molar-refractivity contribution in [2.24, 2.45) is 0 Å². The van der Waals surface area contributed by atoms with Gasteiger partial charge in [0.25, 0.3) is 0 Å². The van der Waals surface area contributed by atoms with Crippen molar-refractivity contribution in [1.82, 2.24) is 0 Å². The molecule has 1 unspecified atom stereocenters. The van der Waals surface area contributed by atoms with Crippen LogP contribution in [-0.4, -0.2) is 40.4 Å². The zero-order valence-corrected chi connectivity index (χ0v) is 7.41. The standard InChI is InChI=1S/C3H8O2.Co.H2O4S/c1-3(5)2-4;;1-5(2,3)4/h3-5H,2H2,1H3;;(H2,1,2,3,4)/q;+2;/p-2. The van der Waals surface area contributed by atoms with Crippen LogP contribution in [0.25, 0.3) is 0 Å². The van der Waals surface area contributed by atoms with Crippen LogP contribution in [0.5, 0.6) is 0 Å². The van der Waals surface area contributed by atoms with Gasteiger partial charge in [0.2, 0.25) is 0 Å². The Hall–Kier alpha value is 0.296. The Morgan fingerprint density at radius 1 is 1.45 bits per heavy atom. The summed E-state index contributed by atoms with van der Waals surface area (Å²) in [6.45, 7) is 1.39. The van der Waals surface area contributed by atoms with E-state index in [0.717, 1.165) is 0 Å². The summed E-state index contributed by atoms with van der Waals surface area (Å²) in [6, 6.07) is 0. The molecule has 0 saturated heterocycles. The third-order valence-corrected chi connectivity index (χ3v) is 0.264. The maximum atomic E-state index is 8.52. The van der Waals surface area contributed by atoms with Crippen LogP contribution in [0.1, 0.15) is 6.92 Å². The van der Waals surface area contributed by atoms with Crippen molar-refractivity contribution in [2.75, 3.05) is 6.61 Å². The summed E-state index contributed by atoms with van der Waals surface area (Å²) < 4.78 is 34.1. The predicted molar refractivity (Wildman–Crippen MR) is 29.2 cm³/mol. The van der Waals surface area contributed by atoms with Gasteiger partial charge >= 0.3 is 16.8 Å². The van der Waals surface area contributed by atoms with Crippen molar-refractivity contribution in [3.63, 3.8) is 0 Å². The summed E-state index contributed by atoms with van der Waals surface area (Å²) >= 11 is 0. The summed E-state index contributed by atoms with van der Waals surface area (Å²) in [5.74, 6) is 0. The Bertz CT molecular complexity index is 143. The molecule has 71 valence electrons. The zero-order valence-electron chi connectivity index (χ0n) is 5.55. The Morgan fingerprint density at radius 3 is 1.55 bits per heavy atom. The predicted octanol–water partition coefficient (Wildman–Crippen LogP) is -1.98. The minimum atomic E-state index is -5.17. The van der Waals surface area contributed by atoms with Crippen molar-refractivity contribution < 1.29 is 44.5 Å². The molecule has 0 rings (SSSR count). The summed E-state index contributed by atoms with van der Waals surface area (Å²) in [5, 5.41) is 16.0. The number of hydrogen-bond donors (Lipinski definition) is 2. The maximum absolute atomic E-state index is 8.52. The fourth-order valence-corrected chi connectivity index (χ4v) is 0. The summed E-state index contributed by atoms with van der Waals surface area (Å²) in [5.41, 5.74) is 0. The van der Waals surface area contributed by atoms with Crippen molar-refractivity contribution >= 4 is 10.4 Å². The molecule has 1 radical (unpaired) electrons. The van der Waals surface area contributed by atoms with Gasteiger partial charge in [0.05, 0.1) is 12.7 Å². The van der Waals surface area contributed by atoms with Gasteiger partial charge in [0, 0.05) is 10.4 Å². The first kappa shape index (κ1) is 17.4. The van der Waals surface area contributed by atoms with Gasteiger partial charge in [-0.1, -0.05) is 0 Å². The minimum absolute atomic E-state index is 0. The van der Waals surface area contributed by atoms with Gasteiger partial charge in [-0.3, -0.25) is 8.42 Å². The third-order valence-electron chi connectivity index (χ3n) is 0.264. The molecule has 0 aromatic carbocycles. The monoisotopic (exact) mass is 231 g/mol. The van der Waals surface area contributed by atoms with E-state index in [9.17, 15) is 0 Å². The summed E-state index contributed by atoms with van der Waals surface area (Å²) in [6.07, 6.45) is -0.560. The molecule has 11 heavy (non-hydrogen) atoms. The van der Waals surface area contributed by atoms with Crippen LogP contribution in [0, 0.1) is 0 Å². The Kier molecular flexibility index (Phi) is 13.3. The normalized spacial score (nSPS) is 12.1. The molecule has 0 saturated carbocycles. The van der Waals surface area contributed by atoms with E-state index in [1.807, 2.05) is 0 Å². The third kappa shape index (κ3) is 134. The van der Waals surface area contributed by atoms with E-state index in [-0.39, 0.29) is 23.4 Å². The molecule has 0 aliphatic rings. The molecule has 0 fully saturated rings. The van der Waals surface area contributed by atoms with E-state index in [2.05, 4.69) is 0 Å². The molecule has 1 atom stereocenters. The Balaban J connectivity index is -0.000000107. The van der Waals surface area contributed by atoms with Crippen molar-refractivity contribution in [2.45, 2.75) is 13.0 Å². The maximum Gasteiger partial charge on any atom is 2.00 e. The van der Waals surface area contributed by atoms with Gasteiger partial charge < -0.3 is 19.3 Å². The zero-order chi connectivity index (χ0) is 8.78. The van der Waals surface area contributed by atoms with Crippen LogP contribution >= 0.6 is 0 Å². The first-order valence-electron chi connectivity index (χ1n) is 2.23. The number of rotatable bonds is 1. The van der Waals surface area contributed by atoms with Gasteiger partial charge in [0.1, 0.15) is 0 Å². The second-order valence-corrected chi connectivity index (χ2v) is 2.26.